The highest BCUT2D eigenvalue weighted by atomic mass is 28.4. The molecule has 3 amide bonds. The predicted molar refractivity (Wildman–Crippen MR) is 161 cm³/mol. The van der Waals surface area contributed by atoms with Crippen molar-refractivity contribution in [2.75, 3.05) is 13.2 Å². The smallest absolute Gasteiger partial charge is 0.325 e. The molecule has 1 aromatic rings. The van der Waals surface area contributed by atoms with Crippen LogP contribution in [0.4, 0.5) is 0 Å². The Morgan fingerprint density at radius 3 is 2.40 bits per heavy atom. The number of likely N-dealkylation sites (tertiary alicyclic amines) is 1. The van der Waals surface area contributed by atoms with Crippen molar-refractivity contribution in [3.05, 3.63) is 42.5 Å². The monoisotopic (exact) mass is 598 g/mol. The van der Waals surface area contributed by atoms with Crippen LogP contribution < -0.4 is 4.74 Å². The normalized spacial score (nSPS) is 23.4. The Bertz CT molecular complexity index is 1230. The van der Waals surface area contributed by atoms with Crippen molar-refractivity contribution < 1.29 is 33.1 Å². The molecule has 0 N–H and O–H groups in total. The van der Waals surface area contributed by atoms with E-state index >= 15 is 0 Å². The molecule has 2 fully saturated rings. The highest BCUT2D eigenvalue weighted by Gasteiger charge is 2.59. The van der Waals surface area contributed by atoms with E-state index in [4.69, 9.17) is 13.9 Å². The van der Waals surface area contributed by atoms with E-state index in [-0.39, 0.29) is 30.0 Å². The first-order chi connectivity index (χ1) is 19.6. The Kier molecular flexibility index (Phi) is 9.09. The molecule has 0 bridgehead atoms. The number of ether oxygens (including phenoxy) is 2. The summed E-state index contributed by atoms with van der Waals surface area (Å²) in [5.41, 5.74) is -0.732. The van der Waals surface area contributed by atoms with Crippen LogP contribution in [0, 0.1) is 11.8 Å². The number of hydrogen-bond acceptors (Lipinski definition) is 7. The lowest BCUT2D eigenvalue weighted by Gasteiger charge is -2.54. The molecule has 4 rings (SSSR count). The molecule has 230 valence electrons. The lowest BCUT2D eigenvalue weighted by Crippen LogP contribution is -2.71. The molecule has 42 heavy (non-hydrogen) atoms. The number of para-hydroxylation sites is 1. The third-order valence-electron chi connectivity index (χ3n) is 9.54. The summed E-state index contributed by atoms with van der Waals surface area (Å²) in [6.45, 7) is 17.5. The SMILES string of the molecule is C=CCOC(=O)CN1C(=O)[C@@H]([C@@H](C)O[Si](C)(C)C(C)(C)C)[C@H]1[C@@H](C)C(=O)N1C(=O)c2ccccc2OC12CCCCC2. The molecule has 1 saturated carbocycles. The predicted octanol–water partition coefficient (Wildman–Crippen LogP) is 5.31. The maximum absolute atomic E-state index is 14.5. The number of benzene rings is 1. The molecule has 2 aliphatic heterocycles. The summed E-state index contributed by atoms with van der Waals surface area (Å²) in [7, 11) is -2.26. The first kappa shape index (κ1) is 31.9. The van der Waals surface area contributed by atoms with E-state index in [0.717, 1.165) is 19.3 Å². The molecule has 9 nitrogen and oxygen atoms in total. The van der Waals surface area contributed by atoms with Gasteiger partial charge in [0.2, 0.25) is 11.8 Å². The van der Waals surface area contributed by atoms with Gasteiger partial charge in [0.05, 0.1) is 29.5 Å². The molecule has 1 aliphatic carbocycles. The number of fused-ring (bicyclic) bond motifs is 1. The number of carbonyl (C=O) groups is 4. The van der Waals surface area contributed by atoms with E-state index in [1.807, 2.05) is 13.0 Å². The fourth-order valence-corrected chi connectivity index (χ4v) is 7.69. The first-order valence-electron chi connectivity index (χ1n) is 15.1. The topological polar surface area (TPSA) is 102 Å². The molecule has 0 unspecified atom stereocenters. The van der Waals surface area contributed by atoms with E-state index in [0.29, 0.717) is 24.2 Å². The maximum atomic E-state index is 14.5. The standard InChI is InChI=1S/C32H46N2O7Si/c1-9-19-39-25(35)20-33-27(26(30(33)38)22(3)41-42(7,8)31(4,5)6)21(2)28(36)34-29(37)23-15-11-12-16-24(23)40-32(34)17-13-10-14-18-32/h9,11-12,15-16,21-22,26-27H,1,10,13-14,17-20H2,2-8H3/t21-,22-,26+,27-/m1/s1. The molecule has 1 saturated heterocycles. The van der Waals surface area contributed by atoms with Crippen molar-refractivity contribution in [1.29, 1.82) is 0 Å². The summed E-state index contributed by atoms with van der Waals surface area (Å²) in [6, 6.07) is 6.35. The maximum Gasteiger partial charge on any atom is 0.325 e. The van der Waals surface area contributed by atoms with Crippen LogP contribution in [-0.2, 0) is 23.5 Å². The number of hydrogen-bond donors (Lipinski definition) is 0. The molecule has 0 radical (unpaired) electrons. The zero-order valence-corrected chi connectivity index (χ0v) is 27.1. The van der Waals surface area contributed by atoms with Crippen molar-refractivity contribution in [3.63, 3.8) is 0 Å². The summed E-state index contributed by atoms with van der Waals surface area (Å²) in [6.07, 6.45) is 4.72. The van der Waals surface area contributed by atoms with Crippen LogP contribution in [0.2, 0.25) is 18.1 Å². The summed E-state index contributed by atoms with van der Waals surface area (Å²) >= 11 is 0. The highest BCUT2D eigenvalue weighted by molar-refractivity contribution is 6.74. The third-order valence-corrected chi connectivity index (χ3v) is 14.1. The van der Waals surface area contributed by atoms with Gasteiger partial charge in [-0.1, -0.05) is 58.9 Å². The van der Waals surface area contributed by atoms with Gasteiger partial charge in [0.25, 0.3) is 5.91 Å². The third kappa shape index (κ3) is 5.80. The zero-order valence-electron chi connectivity index (χ0n) is 26.1. The van der Waals surface area contributed by atoms with Gasteiger partial charge in [-0.3, -0.25) is 19.2 Å². The number of β-lactam (4-membered cyclic amide) rings is 1. The number of imide groups is 1. The Morgan fingerprint density at radius 1 is 1.14 bits per heavy atom. The van der Waals surface area contributed by atoms with Crippen LogP contribution in [0.3, 0.4) is 0 Å². The van der Waals surface area contributed by atoms with Gasteiger partial charge in [0.1, 0.15) is 18.9 Å². The van der Waals surface area contributed by atoms with Gasteiger partial charge in [0, 0.05) is 12.8 Å². The number of carbonyl (C=O) groups excluding carboxylic acids is 4. The second kappa shape index (κ2) is 12.0. The molecule has 2 heterocycles. The Hall–Kier alpha value is -2.98. The average Bonchev–Trinajstić information content (AvgIpc) is 2.92. The Labute approximate surface area is 250 Å². The van der Waals surface area contributed by atoms with Crippen LogP contribution in [-0.4, -0.2) is 72.8 Å². The number of esters is 1. The van der Waals surface area contributed by atoms with Crippen molar-refractivity contribution in [2.45, 2.75) is 103 Å². The minimum Gasteiger partial charge on any atom is -0.467 e. The van der Waals surface area contributed by atoms with Gasteiger partial charge in [-0.05, 0) is 50.0 Å². The molecule has 1 aromatic carbocycles. The van der Waals surface area contributed by atoms with Crippen LogP contribution in [0.5, 0.6) is 5.75 Å². The average molecular weight is 599 g/mol. The van der Waals surface area contributed by atoms with Gasteiger partial charge >= 0.3 is 5.97 Å². The largest absolute Gasteiger partial charge is 0.467 e. The van der Waals surface area contributed by atoms with Gasteiger partial charge in [-0.15, -0.1) is 0 Å². The minimum absolute atomic E-state index is 0.0237. The van der Waals surface area contributed by atoms with Gasteiger partial charge < -0.3 is 18.8 Å². The summed E-state index contributed by atoms with van der Waals surface area (Å²) in [5.74, 6) is -2.62. The van der Waals surface area contributed by atoms with Crippen molar-refractivity contribution in [2.24, 2.45) is 11.8 Å². The second-order valence-electron chi connectivity index (χ2n) is 13.4. The Morgan fingerprint density at radius 2 is 1.79 bits per heavy atom. The quantitative estimate of drug-likeness (QED) is 0.164. The van der Waals surface area contributed by atoms with E-state index in [9.17, 15) is 19.2 Å². The highest BCUT2D eigenvalue weighted by Crippen LogP contribution is 2.45. The van der Waals surface area contributed by atoms with E-state index in [1.165, 1.54) is 15.9 Å². The molecule has 10 heteroatoms. The Balaban J connectivity index is 1.68. The van der Waals surface area contributed by atoms with Crippen LogP contribution >= 0.6 is 0 Å². The summed E-state index contributed by atoms with van der Waals surface area (Å²) in [4.78, 5) is 57.4. The van der Waals surface area contributed by atoms with Crippen molar-refractivity contribution in [1.82, 2.24) is 9.80 Å². The van der Waals surface area contributed by atoms with Gasteiger partial charge in [-0.2, -0.15) is 0 Å². The molecule has 3 aliphatic rings. The first-order valence-corrected chi connectivity index (χ1v) is 18.0. The summed E-state index contributed by atoms with van der Waals surface area (Å²) in [5, 5.41) is -0.0858. The zero-order chi connectivity index (χ0) is 31.0. The van der Waals surface area contributed by atoms with Gasteiger partial charge in [-0.25, -0.2) is 4.90 Å². The summed E-state index contributed by atoms with van der Waals surface area (Å²) < 4.78 is 18.3. The second-order valence-corrected chi connectivity index (χ2v) is 18.2. The molecular weight excluding hydrogens is 552 g/mol. The molecule has 4 atom stereocenters. The number of nitrogens with zero attached hydrogens (tertiary/aromatic N) is 2. The fraction of sp³-hybridized carbons (Fsp3) is 0.625. The van der Waals surface area contributed by atoms with E-state index in [1.54, 1.807) is 25.1 Å². The van der Waals surface area contributed by atoms with Crippen molar-refractivity contribution >= 4 is 32.0 Å². The molecule has 1 spiro atoms. The molecular formula is C32H46N2O7Si. The van der Waals surface area contributed by atoms with Crippen LogP contribution in [0.25, 0.3) is 0 Å². The van der Waals surface area contributed by atoms with Crippen LogP contribution in [0.15, 0.2) is 36.9 Å². The van der Waals surface area contributed by atoms with Crippen molar-refractivity contribution in [3.8, 4) is 5.75 Å². The van der Waals surface area contributed by atoms with Gasteiger partial charge in [0.15, 0.2) is 14.0 Å². The van der Waals surface area contributed by atoms with Crippen LogP contribution in [0.1, 0.15) is 77.1 Å². The lowest BCUT2D eigenvalue weighted by atomic mass is 9.75. The minimum atomic E-state index is -2.26. The fourth-order valence-electron chi connectivity index (χ4n) is 6.26. The van der Waals surface area contributed by atoms with E-state index < -0.39 is 49.9 Å². The van der Waals surface area contributed by atoms with E-state index in [2.05, 4.69) is 40.4 Å². The number of rotatable bonds is 9. The lowest BCUT2D eigenvalue weighted by molar-refractivity contribution is -0.180. The number of amides is 3. The molecule has 0 aromatic heterocycles.